The Kier molecular flexibility index (Phi) is 7.93. The highest BCUT2D eigenvalue weighted by atomic mass is 16.5. The number of nitrogens with one attached hydrogen (secondary N) is 2. The van der Waals surface area contributed by atoms with Gasteiger partial charge in [0.2, 0.25) is 0 Å². The molecule has 1 fully saturated rings. The van der Waals surface area contributed by atoms with E-state index >= 15 is 0 Å². The largest absolute Gasteiger partial charge is 0.484 e. The first-order chi connectivity index (χ1) is 15.4. The summed E-state index contributed by atoms with van der Waals surface area (Å²) in [5.41, 5.74) is 5.38. The Labute approximate surface area is 186 Å². The highest BCUT2D eigenvalue weighted by Gasteiger charge is 2.17. The van der Waals surface area contributed by atoms with Crippen molar-refractivity contribution in [1.82, 2.24) is 10.3 Å². The smallest absolute Gasteiger partial charge is 0.329 e. The lowest BCUT2D eigenvalue weighted by molar-refractivity contribution is -0.137. The molecule has 1 saturated heterocycles. The van der Waals surface area contributed by atoms with E-state index in [9.17, 15) is 14.4 Å². The van der Waals surface area contributed by atoms with Crippen LogP contribution in [0.5, 0.6) is 5.75 Å². The number of morpholine rings is 1. The molecule has 2 aromatic rings. The van der Waals surface area contributed by atoms with Crippen molar-refractivity contribution in [3.63, 3.8) is 0 Å². The second-order valence-corrected chi connectivity index (χ2v) is 7.25. The molecule has 32 heavy (non-hydrogen) atoms. The summed E-state index contributed by atoms with van der Waals surface area (Å²) in [6, 6.07) is 12.3. The standard InChI is InChI=1S/C23H26N4O5/c1-16-4-3-5-20(17(16)2)25-22(29)23(30)26-24-14-18-6-8-19(9-7-18)32-15-21(28)27-10-12-31-13-11-27/h3-9,14H,10-13,15H2,1-2H3,(H,25,29)(H,26,30)/b24-14-. The minimum Gasteiger partial charge on any atom is -0.484 e. The van der Waals surface area contributed by atoms with Crippen LogP contribution in [0.2, 0.25) is 0 Å². The first-order valence-corrected chi connectivity index (χ1v) is 10.2. The number of ether oxygens (including phenoxy) is 2. The molecule has 1 heterocycles. The van der Waals surface area contributed by atoms with Crippen molar-refractivity contribution in [3.8, 4) is 5.75 Å². The maximum absolute atomic E-state index is 12.1. The van der Waals surface area contributed by atoms with Crippen LogP contribution in [0.3, 0.4) is 0 Å². The molecule has 0 unspecified atom stereocenters. The molecule has 0 radical (unpaired) electrons. The summed E-state index contributed by atoms with van der Waals surface area (Å²) in [6.07, 6.45) is 1.41. The number of amides is 3. The van der Waals surface area contributed by atoms with E-state index in [1.54, 1.807) is 41.3 Å². The van der Waals surface area contributed by atoms with E-state index in [0.717, 1.165) is 11.1 Å². The average Bonchev–Trinajstić information content (AvgIpc) is 2.81. The maximum atomic E-state index is 12.1. The molecule has 1 aliphatic heterocycles. The van der Waals surface area contributed by atoms with Crippen molar-refractivity contribution in [1.29, 1.82) is 0 Å². The predicted molar refractivity (Wildman–Crippen MR) is 120 cm³/mol. The molecule has 0 saturated carbocycles. The van der Waals surface area contributed by atoms with E-state index in [1.165, 1.54) is 6.21 Å². The van der Waals surface area contributed by atoms with Gasteiger partial charge in [-0.1, -0.05) is 12.1 Å². The molecule has 0 spiro atoms. The van der Waals surface area contributed by atoms with E-state index in [-0.39, 0.29) is 12.5 Å². The number of carbonyl (C=O) groups is 3. The molecule has 0 aliphatic carbocycles. The van der Waals surface area contributed by atoms with Crippen LogP contribution in [-0.4, -0.2) is 61.7 Å². The number of carbonyl (C=O) groups excluding carboxylic acids is 3. The van der Waals surface area contributed by atoms with Gasteiger partial charge in [-0.3, -0.25) is 14.4 Å². The van der Waals surface area contributed by atoms with E-state index in [4.69, 9.17) is 9.47 Å². The van der Waals surface area contributed by atoms with Gasteiger partial charge in [0.25, 0.3) is 5.91 Å². The fourth-order valence-corrected chi connectivity index (χ4v) is 2.98. The minimum atomic E-state index is -0.872. The highest BCUT2D eigenvalue weighted by molar-refractivity contribution is 6.39. The van der Waals surface area contributed by atoms with Crippen molar-refractivity contribution in [2.24, 2.45) is 5.10 Å². The van der Waals surface area contributed by atoms with Crippen LogP contribution in [0, 0.1) is 13.8 Å². The Balaban J connectivity index is 1.44. The predicted octanol–water partition coefficient (Wildman–Crippen LogP) is 1.63. The van der Waals surface area contributed by atoms with E-state index in [1.807, 2.05) is 19.9 Å². The molecule has 9 heteroatoms. The van der Waals surface area contributed by atoms with Crippen LogP contribution in [-0.2, 0) is 19.1 Å². The zero-order chi connectivity index (χ0) is 22.9. The summed E-state index contributed by atoms with van der Waals surface area (Å²) in [5, 5.41) is 6.38. The summed E-state index contributed by atoms with van der Waals surface area (Å²) in [6.45, 7) is 5.99. The summed E-state index contributed by atoms with van der Waals surface area (Å²) < 4.78 is 10.8. The second kappa shape index (κ2) is 11.1. The Morgan fingerprint density at radius 1 is 1.06 bits per heavy atom. The first-order valence-electron chi connectivity index (χ1n) is 10.2. The third-order valence-electron chi connectivity index (χ3n) is 5.04. The molecular formula is C23H26N4O5. The maximum Gasteiger partial charge on any atom is 0.329 e. The molecule has 0 atom stereocenters. The van der Waals surface area contributed by atoms with Gasteiger partial charge in [0.05, 0.1) is 19.4 Å². The molecule has 9 nitrogen and oxygen atoms in total. The minimum absolute atomic E-state index is 0.0426. The highest BCUT2D eigenvalue weighted by Crippen LogP contribution is 2.17. The SMILES string of the molecule is Cc1cccc(NC(=O)C(=O)N/N=C\c2ccc(OCC(=O)N3CCOCC3)cc2)c1C. The first kappa shape index (κ1) is 23.0. The fourth-order valence-electron chi connectivity index (χ4n) is 2.98. The molecular weight excluding hydrogens is 412 g/mol. The Bertz CT molecular complexity index is 998. The molecule has 0 bridgehead atoms. The summed E-state index contributed by atoms with van der Waals surface area (Å²) in [7, 11) is 0. The van der Waals surface area contributed by atoms with Crippen molar-refractivity contribution in [2.75, 3.05) is 38.2 Å². The number of hydrazone groups is 1. The summed E-state index contributed by atoms with van der Waals surface area (Å²) >= 11 is 0. The summed E-state index contributed by atoms with van der Waals surface area (Å²) in [4.78, 5) is 37.8. The lowest BCUT2D eigenvalue weighted by atomic mass is 10.1. The Morgan fingerprint density at radius 2 is 1.78 bits per heavy atom. The third-order valence-corrected chi connectivity index (χ3v) is 5.04. The van der Waals surface area contributed by atoms with Crippen molar-refractivity contribution in [3.05, 3.63) is 59.2 Å². The average molecular weight is 438 g/mol. The van der Waals surface area contributed by atoms with Crippen LogP contribution in [0.25, 0.3) is 0 Å². The lowest BCUT2D eigenvalue weighted by Crippen LogP contribution is -2.42. The fraction of sp³-hybridized carbons (Fsp3) is 0.304. The number of anilines is 1. The molecule has 0 aromatic heterocycles. The number of hydrogen-bond acceptors (Lipinski definition) is 6. The number of nitrogens with zero attached hydrogens (tertiary/aromatic N) is 2. The normalized spacial score (nSPS) is 13.6. The number of rotatable bonds is 6. The van der Waals surface area contributed by atoms with Crippen LogP contribution < -0.4 is 15.5 Å². The Hall–Kier alpha value is -3.72. The van der Waals surface area contributed by atoms with E-state index in [0.29, 0.717) is 43.3 Å². The Morgan fingerprint density at radius 3 is 2.50 bits per heavy atom. The second-order valence-electron chi connectivity index (χ2n) is 7.25. The monoisotopic (exact) mass is 438 g/mol. The van der Waals surface area contributed by atoms with Gasteiger partial charge in [-0.05, 0) is 60.9 Å². The summed E-state index contributed by atoms with van der Waals surface area (Å²) in [5.74, 6) is -1.21. The van der Waals surface area contributed by atoms with Crippen molar-refractivity contribution < 1.29 is 23.9 Å². The van der Waals surface area contributed by atoms with Crippen LogP contribution in [0.4, 0.5) is 5.69 Å². The zero-order valence-corrected chi connectivity index (χ0v) is 18.1. The molecule has 3 rings (SSSR count). The van der Waals surface area contributed by atoms with Crippen LogP contribution in [0.1, 0.15) is 16.7 Å². The molecule has 3 amide bonds. The molecule has 2 aromatic carbocycles. The van der Waals surface area contributed by atoms with Crippen LogP contribution >= 0.6 is 0 Å². The van der Waals surface area contributed by atoms with Gasteiger partial charge in [-0.25, -0.2) is 5.43 Å². The third kappa shape index (κ3) is 6.39. The number of hydrogen-bond donors (Lipinski definition) is 2. The van der Waals surface area contributed by atoms with Crippen molar-refractivity contribution in [2.45, 2.75) is 13.8 Å². The topological polar surface area (TPSA) is 109 Å². The van der Waals surface area contributed by atoms with Gasteiger partial charge in [-0.15, -0.1) is 0 Å². The number of benzene rings is 2. The van der Waals surface area contributed by atoms with Gasteiger partial charge in [0, 0.05) is 18.8 Å². The van der Waals surface area contributed by atoms with Crippen molar-refractivity contribution >= 4 is 29.6 Å². The molecule has 1 aliphatic rings. The van der Waals surface area contributed by atoms with Crippen LogP contribution in [0.15, 0.2) is 47.6 Å². The van der Waals surface area contributed by atoms with Gasteiger partial charge >= 0.3 is 11.8 Å². The number of aryl methyl sites for hydroxylation is 1. The quantitative estimate of drug-likeness (QED) is 0.405. The van der Waals surface area contributed by atoms with Gasteiger partial charge in [-0.2, -0.15) is 5.10 Å². The van der Waals surface area contributed by atoms with Gasteiger partial charge < -0.3 is 19.7 Å². The molecule has 2 N–H and O–H groups in total. The zero-order valence-electron chi connectivity index (χ0n) is 18.1. The van der Waals surface area contributed by atoms with E-state index in [2.05, 4.69) is 15.8 Å². The van der Waals surface area contributed by atoms with Gasteiger partial charge in [0.1, 0.15) is 5.75 Å². The van der Waals surface area contributed by atoms with E-state index < -0.39 is 11.8 Å². The van der Waals surface area contributed by atoms with Gasteiger partial charge in [0.15, 0.2) is 6.61 Å². The lowest BCUT2D eigenvalue weighted by Gasteiger charge is -2.26. The molecule has 168 valence electrons.